The van der Waals surface area contributed by atoms with Crippen LogP contribution in [0.4, 0.5) is 9.18 Å². The van der Waals surface area contributed by atoms with Crippen LogP contribution in [-0.2, 0) is 9.53 Å². The number of thiazole rings is 1. The summed E-state index contributed by atoms with van der Waals surface area (Å²) >= 11 is 7.78. The van der Waals surface area contributed by atoms with Gasteiger partial charge in [0.15, 0.2) is 10.8 Å². The second-order valence-electron chi connectivity index (χ2n) is 10.7. The number of fused-ring (bicyclic) bond motifs is 1. The summed E-state index contributed by atoms with van der Waals surface area (Å²) in [7, 11) is 0. The van der Waals surface area contributed by atoms with E-state index in [1.54, 1.807) is 37.9 Å². The van der Waals surface area contributed by atoms with E-state index in [1.165, 1.54) is 23.5 Å². The average molecular weight is 591 g/mol. The second-order valence-corrected chi connectivity index (χ2v) is 11.9. The van der Waals surface area contributed by atoms with Gasteiger partial charge >= 0.3 is 12.0 Å². The van der Waals surface area contributed by atoms with Crippen molar-refractivity contribution in [2.75, 3.05) is 45.9 Å². The Hall–Kier alpha value is -3.06. The van der Waals surface area contributed by atoms with E-state index in [-0.39, 0.29) is 35.8 Å². The second kappa shape index (κ2) is 11.4. The standard InChI is InChI=1S/C27H32ClFN6O4S/c1-4-39-25(36)20-19(14-33-9-10-35-16(12-33)13-34(26(35)37)15-27(2,3)38)31-23(24-30-8-11-40-24)32-22(20)17-6-5-7-18(29)21(17)28/h5-8,11,16,22,38H,4,9-10,12-15H2,1-3H3,(H,31,32)/t16-,22+/m1/s1. The number of carbonyl (C=O) groups excluding carboxylic acids is 2. The summed E-state index contributed by atoms with van der Waals surface area (Å²) < 4.78 is 20.0. The smallest absolute Gasteiger partial charge is 0.338 e. The number of carbonyl (C=O) groups is 2. The minimum Gasteiger partial charge on any atom is -0.463 e. The lowest BCUT2D eigenvalue weighted by molar-refractivity contribution is -0.139. The lowest BCUT2D eigenvalue weighted by Crippen LogP contribution is -2.53. The van der Waals surface area contributed by atoms with Crippen molar-refractivity contribution >= 4 is 40.8 Å². The Morgan fingerprint density at radius 3 is 2.83 bits per heavy atom. The molecule has 1 aromatic heterocycles. The molecule has 5 rings (SSSR count). The number of hydrogen-bond acceptors (Lipinski definition) is 9. The summed E-state index contributed by atoms with van der Waals surface area (Å²) in [5.41, 5.74) is 0.179. The van der Waals surface area contributed by atoms with Gasteiger partial charge in [0.05, 0.1) is 35.4 Å². The Morgan fingerprint density at radius 2 is 2.12 bits per heavy atom. The first-order valence-electron chi connectivity index (χ1n) is 13.1. The predicted octanol–water partition coefficient (Wildman–Crippen LogP) is 3.04. The Kier molecular flexibility index (Phi) is 8.14. The molecule has 0 aliphatic carbocycles. The molecule has 214 valence electrons. The molecule has 0 saturated carbocycles. The summed E-state index contributed by atoms with van der Waals surface area (Å²) in [5, 5.41) is 15.9. The first-order chi connectivity index (χ1) is 19.1. The van der Waals surface area contributed by atoms with Crippen LogP contribution in [0.3, 0.4) is 0 Å². The molecule has 40 heavy (non-hydrogen) atoms. The van der Waals surface area contributed by atoms with Crippen LogP contribution >= 0.6 is 22.9 Å². The zero-order valence-electron chi connectivity index (χ0n) is 22.6. The largest absolute Gasteiger partial charge is 0.463 e. The number of rotatable bonds is 8. The molecule has 0 unspecified atom stereocenters. The topological polar surface area (TPSA) is 111 Å². The molecule has 0 radical (unpaired) electrons. The Morgan fingerprint density at radius 1 is 1.32 bits per heavy atom. The molecule has 2 atom stereocenters. The zero-order chi connectivity index (χ0) is 28.6. The molecule has 0 spiro atoms. The predicted molar refractivity (Wildman–Crippen MR) is 150 cm³/mol. The molecule has 4 heterocycles. The van der Waals surface area contributed by atoms with E-state index >= 15 is 0 Å². The van der Waals surface area contributed by atoms with Gasteiger partial charge in [-0.25, -0.2) is 19.0 Å². The fourth-order valence-electron chi connectivity index (χ4n) is 5.38. The van der Waals surface area contributed by atoms with Crippen LogP contribution in [0.2, 0.25) is 5.02 Å². The number of nitrogens with zero attached hydrogens (tertiary/aromatic N) is 5. The molecule has 3 aliphatic rings. The number of β-amino-alcohol motifs (C(OH)–C–C–N with tert-alkyl or cyclic N) is 1. The molecule has 10 nitrogen and oxygen atoms in total. The van der Waals surface area contributed by atoms with Gasteiger partial charge in [-0.15, -0.1) is 11.3 Å². The number of urea groups is 1. The number of esters is 1. The normalized spacial score (nSPS) is 21.9. The quantitative estimate of drug-likeness (QED) is 0.455. The number of piperazine rings is 1. The van der Waals surface area contributed by atoms with Crippen molar-refractivity contribution in [2.24, 2.45) is 4.99 Å². The maximum atomic E-state index is 14.5. The molecule has 2 fully saturated rings. The molecule has 0 bridgehead atoms. The number of halogens is 2. The number of amides is 2. The van der Waals surface area contributed by atoms with Gasteiger partial charge in [0, 0.05) is 55.6 Å². The summed E-state index contributed by atoms with van der Waals surface area (Å²) in [6, 6.07) is 3.41. The van der Waals surface area contributed by atoms with Crippen molar-refractivity contribution in [3.05, 3.63) is 62.5 Å². The Balaban J connectivity index is 1.48. The molecule has 2 amide bonds. The van der Waals surface area contributed by atoms with E-state index in [1.807, 2.05) is 10.3 Å². The van der Waals surface area contributed by atoms with Gasteiger partial charge in [0.1, 0.15) is 11.9 Å². The minimum absolute atomic E-state index is 0.0561. The number of ether oxygens (including phenoxy) is 1. The third-order valence-corrected chi connectivity index (χ3v) is 8.18. The van der Waals surface area contributed by atoms with Crippen LogP contribution in [0.15, 0.2) is 46.0 Å². The number of aromatic nitrogens is 1. The van der Waals surface area contributed by atoms with Crippen LogP contribution < -0.4 is 5.32 Å². The fourth-order valence-corrected chi connectivity index (χ4v) is 6.20. The third kappa shape index (κ3) is 5.85. The van der Waals surface area contributed by atoms with E-state index in [4.69, 9.17) is 21.3 Å². The van der Waals surface area contributed by atoms with Gasteiger partial charge in [0.25, 0.3) is 0 Å². The zero-order valence-corrected chi connectivity index (χ0v) is 24.1. The Labute approximate surface area is 241 Å². The van der Waals surface area contributed by atoms with Crippen LogP contribution in [0.5, 0.6) is 0 Å². The maximum absolute atomic E-state index is 14.5. The number of aliphatic imine (C=N–C) groups is 1. The highest BCUT2D eigenvalue weighted by Crippen LogP contribution is 2.37. The maximum Gasteiger partial charge on any atom is 0.338 e. The summed E-state index contributed by atoms with van der Waals surface area (Å²) in [5.74, 6) is -0.719. The number of nitrogens with one attached hydrogen (secondary N) is 1. The number of hydrogen-bond donors (Lipinski definition) is 2. The summed E-state index contributed by atoms with van der Waals surface area (Å²) in [6.07, 6.45) is 1.66. The molecule has 2 aromatic rings. The lowest BCUT2D eigenvalue weighted by Gasteiger charge is -2.38. The van der Waals surface area contributed by atoms with Crippen molar-refractivity contribution in [1.82, 2.24) is 25.0 Å². The van der Waals surface area contributed by atoms with Crippen molar-refractivity contribution < 1.29 is 23.8 Å². The minimum atomic E-state index is -0.992. The van der Waals surface area contributed by atoms with E-state index in [2.05, 4.69) is 15.2 Å². The van der Waals surface area contributed by atoms with Gasteiger partial charge in [0.2, 0.25) is 0 Å². The first kappa shape index (κ1) is 28.5. The summed E-state index contributed by atoms with van der Waals surface area (Å²) in [6.45, 7) is 8.01. The first-order valence-corrected chi connectivity index (χ1v) is 14.4. The van der Waals surface area contributed by atoms with Crippen molar-refractivity contribution in [1.29, 1.82) is 0 Å². The number of aliphatic hydroxyl groups is 1. The SMILES string of the molecule is CCOC(=O)C1=C(CN2CCN3C(=O)N(CC(C)(C)O)C[C@H]3C2)NC(c2nccs2)=N[C@H]1c1cccc(F)c1Cl. The van der Waals surface area contributed by atoms with Crippen LogP contribution in [-0.4, -0.2) is 100 Å². The monoisotopic (exact) mass is 590 g/mol. The van der Waals surface area contributed by atoms with Crippen molar-refractivity contribution in [3.8, 4) is 0 Å². The number of benzene rings is 1. The fraction of sp³-hybridized carbons (Fsp3) is 0.481. The number of amidine groups is 1. The molecule has 1 aromatic carbocycles. The van der Waals surface area contributed by atoms with E-state index in [0.29, 0.717) is 54.8 Å². The van der Waals surface area contributed by atoms with Gasteiger partial charge in [-0.1, -0.05) is 23.7 Å². The van der Waals surface area contributed by atoms with Crippen LogP contribution in [0.25, 0.3) is 0 Å². The van der Waals surface area contributed by atoms with Gasteiger partial charge in [-0.3, -0.25) is 9.89 Å². The molecular weight excluding hydrogens is 559 g/mol. The van der Waals surface area contributed by atoms with E-state index in [9.17, 15) is 19.1 Å². The van der Waals surface area contributed by atoms with Crippen molar-refractivity contribution in [2.45, 2.75) is 38.5 Å². The molecule has 2 N–H and O–H groups in total. The van der Waals surface area contributed by atoms with Crippen LogP contribution in [0, 0.1) is 5.82 Å². The molecule has 2 saturated heterocycles. The summed E-state index contributed by atoms with van der Waals surface area (Å²) in [4.78, 5) is 41.2. The van der Waals surface area contributed by atoms with Crippen LogP contribution in [0.1, 0.15) is 37.4 Å². The molecule has 13 heteroatoms. The van der Waals surface area contributed by atoms with Gasteiger partial charge in [-0.05, 0) is 26.8 Å². The van der Waals surface area contributed by atoms with E-state index < -0.39 is 23.4 Å². The highest BCUT2D eigenvalue weighted by Gasteiger charge is 2.43. The Bertz CT molecular complexity index is 1340. The molecule has 3 aliphatic heterocycles. The lowest BCUT2D eigenvalue weighted by atomic mass is 9.95. The van der Waals surface area contributed by atoms with Gasteiger partial charge < -0.3 is 25.0 Å². The highest BCUT2D eigenvalue weighted by atomic mass is 35.5. The average Bonchev–Trinajstić information content (AvgIpc) is 3.53. The highest BCUT2D eigenvalue weighted by molar-refractivity contribution is 7.11. The third-order valence-electron chi connectivity index (χ3n) is 7.01. The molecular formula is C27H32ClFN6O4S. The van der Waals surface area contributed by atoms with Gasteiger partial charge in [-0.2, -0.15) is 0 Å². The van der Waals surface area contributed by atoms with Crippen molar-refractivity contribution in [3.63, 3.8) is 0 Å². The van der Waals surface area contributed by atoms with E-state index in [0.717, 1.165) is 0 Å².